The molecule has 0 saturated carbocycles. The summed E-state index contributed by atoms with van der Waals surface area (Å²) in [6.07, 6.45) is 1.88. The van der Waals surface area contributed by atoms with Crippen molar-refractivity contribution in [1.82, 2.24) is 16.0 Å². The number of para-hydroxylation sites is 1. The number of amides is 2. The van der Waals surface area contributed by atoms with Gasteiger partial charge in [0.25, 0.3) is 5.91 Å². The van der Waals surface area contributed by atoms with Crippen molar-refractivity contribution in [3.05, 3.63) is 54.0 Å². The Bertz CT molecular complexity index is 832. The van der Waals surface area contributed by atoms with Crippen molar-refractivity contribution in [2.75, 3.05) is 31.5 Å². The van der Waals surface area contributed by atoms with Crippen molar-refractivity contribution in [2.24, 2.45) is 4.99 Å². The highest BCUT2D eigenvalue weighted by atomic mass is 16.3. The van der Waals surface area contributed by atoms with Crippen molar-refractivity contribution >= 4 is 23.5 Å². The summed E-state index contributed by atoms with van der Waals surface area (Å²) in [7, 11) is 0. The molecular weight excluding hydrogens is 358 g/mol. The molecule has 1 unspecified atom stereocenters. The van der Waals surface area contributed by atoms with E-state index in [1.54, 1.807) is 12.1 Å². The van der Waals surface area contributed by atoms with Crippen LogP contribution >= 0.6 is 0 Å². The zero-order valence-electron chi connectivity index (χ0n) is 15.8. The third kappa shape index (κ3) is 5.12. The number of furan rings is 1. The van der Waals surface area contributed by atoms with E-state index in [0.717, 1.165) is 11.3 Å². The maximum atomic E-state index is 11.9. The summed E-state index contributed by atoms with van der Waals surface area (Å²) in [5.74, 6) is 0.739. The molecule has 1 aromatic carbocycles. The largest absolute Gasteiger partial charge is 0.459 e. The Morgan fingerprint density at radius 2 is 2.00 bits per heavy atom. The zero-order valence-corrected chi connectivity index (χ0v) is 15.8. The fraction of sp³-hybridized carbons (Fsp3) is 0.350. The van der Waals surface area contributed by atoms with Crippen LogP contribution in [-0.4, -0.2) is 44.0 Å². The van der Waals surface area contributed by atoms with Crippen molar-refractivity contribution in [1.29, 1.82) is 0 Å². The van der Waals surface area contributed by atoms with Crippen molar-refractivity contribution in [3.63, 3.8) is 0 Å². The van der Waals surface area contributed by atoms with Gasteiger partial charge in [-0.2, -0.15) is 0 Å². The second-order valence-electron chi connectivity index (χ2n) is 6.42. The number of fused-ring (bicyclic) bond motifs is 1. The minimum atomic E-state index is -0.251. The number of aliphatic imine (C=N–C) groups is 1. The smallest absolute Gasteiger partial charge is 0.287 e. The summed E-state index contributed by atoms with van der Waals surface area (Å²) >= 11 is 0. The molecule has 148 valence electrons. The number of hydrogen-bond acceptors (Lipinski definition) is 4. The minimum Gasteiger partial charge on any atom is -0.459 e. The summed E-state index contributed by atoms with van der Waals surface area (Å²) in [6, 6.07) is 11.1. The molecule has 0 radical (unpaired) electrons. The van der Waals surface area contributed by atoms with Crippen molar-refractivity contribution in [2.45, 2.75) is 19.3 Å². The first-order chi connectivity index (χ1) is 13.7. The predicted molar refractivity (Wildman–Crippen MR) is 107 cm³/mol. The lowest BCUT2D eigenvalue weighted by atomic mass is 9.91. The maximum absolute atomic E-state index is 11.9. The molecule has 8 nitrogen and oxygen atoms in total. The van der Waals surface area contributed by atoms with E-state index in [1.165, 1.54) is 6.26 Å². The summed E-state index contributed by atoms with van der Waals surface area (Å²) in [5.41, 5.74) is 1.96. The standard InChI is InChI=1S/C20H25N5O3/c1-2-21-20(23-10-9-22-19(27)17-8-5-11-28-17)24-13-14-12-18(26)25-16-7-4-3-6-15(14)16/h3-8,11,14H,2,9-10,12-13H2,1H3,(H,22,27)(H,25,26)(H2,21,23,24). The van der Waals surface area contributed by atoms with E-state index in [-0.39, 0.29) is 23.5 Å². The van der Waals surface area contributed by atoms with Gasteiger partial charge in [-0.3, -0.25) is 14.6 Å². The van der Waals surface area contributed by atoms with Crippen LogP contribution in [0.2, 0.25) is 0 Å². The highest BCUT2D eigenvalue weighted by Crippen LogP contribution is 2.31. The molecule has 0 aliphatic carbocycles. The topological polar surface area (TPSA) is 108 Å². The van der Waals surface area contributed by atoms with Gasteiger partial charge in [-0.1, -0.05) is 18.2 Å². The highest BCUT2D eigenvalue weighted by molar-refractivity contribution is 5.94. The first-order valence-corrected chi connectivity index (χ1v) is 9.40. The molecule has 1 atom stereocenters. The molecular formula is C20H25N5O3. The fourth-order valence-electron chi connectivity index (χ4n) is 3.06. The highest BCUT2D eigenvalue weighted by Gasteiger charge is 2.24. The Labute approximate surface area is 163 Å². The molecule has 2 heterocycles. The number of nitrogens with one attached hydrogen (secondary N) is 4. The first kappa shape index (κ1) is 19.5. The number of anilines is 1. The van der Waals surface area contributed by atoms with E-state index in [9.17, 15) is 9.59 Å². The zero-order chi connectivity index (χ0) is 19.8. The molecule has 0 saturated heterocycles. The van der Waals surface area contributed by atoms with Gasteiger partial charge in [0.2, 0.25) is 5.91 Å². The molecule has 0 spiro atoms. The Morgan fingerprint density at radius 1 is 1.18 bits per heavy atom. The minimum absolute atomic E-state index is 0.0116. The van der Waals surface area contributed by atoms with Gasteiger partial charge in [0.15, 0.2) is 11.7 Å². The predicted octanol–water partition coefficient (Wildman–Crippen LogP) is 1.69. The molecule has 0 bridgehead atoms. The van der Waals surface area contributed by atoms with Crippen LogP contribution in [0.15, 0.2) is 52.1 Å². The number of carbonyl (C=O) groups excluding carboxylic acids is 2. The molecule has 1 aliphatic rings. The van der Waals surface area contributed by atoms with E-state index in [4.69, 9.17) is 4.42 Å². The number of nitrogens with zero attached hydrogens (tertiary/aromatic N) is 1. The third-order valence-corrected chi connectivity index (χ3v) is 4.37. The van der Waals surface area contributed by atoms with Crippen LogP contribution < -0.4 is 21.3 Å². The van der Waals surface area contributed by atoms with Crippen LogP contribution in [0.3, 0.4) is 0 Å². The number of guanidine groups is 1. The Balaban J connectivity index is 1.53. The second kappa shape index (κ2) is 9.59. The van der Waals surface area contributed by atoms with Gasteiger partial charge < -0.3 is 25.7 Å². The van der Waals surface area contributed by atoms with E-state index in [1.807, 2.05) is 31.2 Å². The summed E-state index contributed by atoms with van der Waals surface area (Å²) in [6.45, 7) is 4.14. The van der Waals surface area contributed by atoms with Gasteiger partial charge in [0.1, 0.15) is 0 Å². The van der Waals surface area contributed by atoms with Gasteiger partial charge in [0, 0.05) is 37.7 Å². The van der Waals surface area contributed by atoms with Gasteiger partial charge in [0.05, 0.1) is 12.8 Å². The van der Waals surface area contributed by atoms with Crippen LogP contribution in [0.5, 0.6) is 0 Å². The molecule has 0 fully saturated rings. The molecule has 28 heavy (non-hydrogen) atoms. The summed E-state index contributed by atoms with van der Waals surface area (Å²) < 4.78 is 5.05. The monoisotopic (exact) mass is 383 g/mol. The summed E-state index contributed by atoms with van der Waals surface area (Å²) in [4.78, 5) is 28.4. The van der Waals surface area contributed by atoms with Crippen molar-refractivity contribution < 1.29 is 14.0 Å². The Kier molecular flexibility index (Phi) is 6.67. The second-order valence-corrected chi connectivity index (χ2v) is 6.42. The SMILES string of the molecule is CCNC(=NCC1CC(=O)Nc2ccccc21)NCCNC(=O)c1ccco1. The van der Waals surface area contributed by atoms with E-state index in [2.05, 4.69) is 26.3 Å². The van der Waals surface area contributed by atoms with Crippen molar-refractivity contribution in [3.8, 4) is 0 Å². The number of carbonyl (C=O) groups is 2. The first-order valence-electron chi connectivity index (χ1n) is 9.40. The fourth-order valence-corrected chi connectivity index (χ4v) is 3.06. The summed E-state index contributed by atoms with van der Waals surface area (Å²) in [5, 5.41) is 12.0. The van der Waals surface area contributed by atoms with Gasteiger partial charge in [-0.25, -0.2) is 0 Å². The van der Waals surface area contributed by atoms with Crippen LogP contribution in [-0.2, 0) is 4.79 Å². The quantitative estimate of drug-likeness (QED) is 0.331. The molecule has 8 heteroatoms. The molecule has 2 aromatic rings. The van der Waals surface area contributed by atoms with E-state index in [0.29, 0.717) is 38.6 Å². The average Bonchev–Trinajstić information content (AvgIpc) is 3.23. The molecule has 2 amide bonds. The van der Waals surface area contributed by atoms with E-state index < -0.39 is 0 Å². The van der Waals surface area contributed by atoms with Crippen LogP contribution in [0.4, 0.5) is 5.69 Å². The lowest BCUT2D eigenvalue weighted by Crippen LogP contribution is -2.41. The lowest BCUT2D eigenvalue weighted by Gasteiger charge is -2.24. The molecule has 1 aliphatic heterocycles. The average molecular weight is 383 g/mol. The molecule has 4 N–H and O–H groups in total. The van der Waals surface area contributed by atoms with Crippen LogP contribution in [0, 0.1) is 0 Å². The lowest BCUT2D eigenvalue weighted by molar-refractivity contribution is -0.116. The molecule has 3 rings (SSSR count). The Morgan fingerprint density at radius 3 is 2.79 bits per heavy atom. The Hall–Kier alpha value is -3.29. The van der Waals surface area contributed by atoms with Gasteiger partial charge in [-0.15, -0.1) is 0 Å². The number of hydrogen-bond donors (Lipinski definition) is 4. The number of benzene rings is 1. The number of rotatable bonds is 7. The van der Waals surface area contributed by atoms with Crippen LogP contribution in [0.25, 0.3) is 0 Å². The van der Waals surface area contributed by atoms with Crippen LogP contribution in [0.1, 0.15) is 35.4 Å². The molecule has 1 aromatic heterocycles. The van der Waals surface area contributed by atoms with E-state index >= 15 is 0 Å². The van der Waals surface area contributed by atoms with Gasteiger partial charge >= 0.3 is 0 Å². The normalized spacial score (nSPS) is 16.1. The maximum Gasteiger partial charge on any atom is 0.287 e. The third-order valence-electron chi connectivity index (χ3n) is 4.37. The van der Waals surface area contributed by atoms with Gasteiger partial charge in [-0.05, 0) is 30.7 Å².